The summed E-state index contributed by atoms with van der Waals surface area (Å²) in [6.07, 6.45) is -1.72. The van der Waals surface area contributed by atoms with E-state index in [1.165, 1.54) is 24.3 Å². The maximum Gasteiger partial charge on any atom is 0.345 e. The molecule has 1 aromatic carbocycles. The molecule has 0 heterocycles. The van der Waals surface area contributed by atoms with Gasteiger partial charge in [0.25, 0.3) is 5.69 Å². The average Bonchev–Trinajstić information content (AvgIpc) is 2.18. The van der Waals surface area contributed by atoms with Crippen molar-refractivity contribution in [3.8, 4) is 5.75 Å². The van der Waals surface area contributed by atoms with Gasteiger partial charge in [0.2, 0.25) is 0 Å². The van der Waals surface area contributed by atoms with Crippen LogP contribution in [-0.2, 0) is 4.79 Å². The van der Waals surface area contributed by atoms with Crippen molar-refractivity contribution in [3.05, 3.63) is 34.4 Å². The number of nitrogens with zero attached hydrogens (tertiary/aromatic N) is 1. The lowest BCUT2D eigenvalue weighted by Gasteiger charge is -2.03. The molecular weight excluding hydrogens is 205 g/mol. The summed E-state index contributed by atoms with van der Waals surface area (Å²) < 4.78 is 17.0. The zero-order chi connectivity index (χ0) is 11.4. The minimum Gasteiger partial charge on any atom is -0.424 e. The summed E-state index contributed by atoms with van der Waals surface area (Å²) in [6, 6.07) is 4.81. The van der Waals surface area contributed by atoms with E-state index in [4.69, 9.17) is 0 Å². The summed E-state index contributed by atoms with van der Waals surface area (Å²) in [4.78, 5) is 20.5. The molecule has 0 saturated heterocycles. The maximum atomic E-state index is 12.4. The van der Waals surface area contributed by atoms with Crippen molar-refractivity contribution in [2.45, 2.75) is 13.1 Å². The normalized spacial score (nSPS) is 11.9. The molecule has 80 valence electrons. The Morgan fingerprint density at radius 1 is 1.47 bits per heavy atom. The van der Waals surface area contributed by atoms with E-state index in [-0.39, 0.29) is 11.4 Å². The second kappa shape index (κ2) is 4.50. The Kier molecular flexibility index (Phi) is 3.33. The first-order valence-corrected chi connectivity index (χ1v) is 4.11. The molecule has 0 saturated carbocycles. The van der Waals surface area contributed by atoms with Crippen LogP contribution in [0.1, 0.15) is 6.92 Å². The number of nitro groups is 1. The number of non-ortho nitro benzene ring substituents is 1. The number of carbonyl (C=O) groups excluding carboxylic acids is 1. The Balaban J connectivity index is 2.73. The Morgan fingerprint density at radius 2 is 2.00 bits per heavy atom. The van der Waals surface area contributed by atoms with Gasteiger partial charge in [-0.3, -0.25) is 10.1 Å². The van der Waals surface area contributed by atoms with E-state index in [0.717, 1.165) is 6.92 Å². The van der Waals surface area contributed by atoms with Crippen LogP contribution in [0.5, 0.6) is 5.75 Å². The van der Waals surface area contributed by atoms with E-state index >= 15 is 0 Å². The second-order valence-corrected chi connectivity index (χ2v) is 2.79. The number of ether oxygens (including phenoxy) is 1. The number of alkyl halides is 1. The van der Waals surface area contributed by atoms with Gasteiger partial charge >= 0.3 is 5.97 Å². The van der Waals surface area contributed by atoms with E-state index < -0.39 is 17.1 Å². The topological polar surface area (TPSA) is 69.4 Å². The quantitative estimate of drug-likeness (QED) is 0.332. The Bertz CT molecular complexity index is 374. The van der Waals surface area contributed by atoms with E-state index in [2.05, 4.69) is 4.74 Å². The minimum absolute atomic E-state index is 0.0788. The highest BCUT2D eigenvalue weighted by atomic mass is 19.1. The second-order valence-electron chi connectivity index (χ2n) is 2.79. The zero-order valence-electron chi connectivity index (χ0n) is 7.84. The average molecular weight is 213 g/mol. The van der Waals surface area contributed by atoms with Gasteiger partial charge in [-0.05, 0) is 19.1 Å². The fraction of sp³-hybridized carbons (Fsp3) is 0.222. The van der Waals surface area contributed by atoms with Crippen molar-refractivity contribution in [1.82, 2.24) is 0 Å². The Labute approximate surface area is 84.6 Å². The highest BCUT2D eigenvalue weighted by molar-refractivity contribution is 5.76. The van der Waals surface area contributed by atoms with Crippen molar-refractivity contribution in [2.24, 2.45) is 0 Å². The molecule has 15 heavy (non-hydrogen) atoms. The monoisotopic (exact) mass is 213 g/mol. The number of esters is 1. The predicted molar refractivity (Wildman–Crippen MR) is 49.3 cm³/mol. The Hall–Kier alpha value is -1.98. The number of nitro benzene ring substituents is 1. The van der Waals surface area contributed by atoms with Crippen molar-refractivity contribution >= 4 is 11.7 Å². The molecule has 1 aromatic rings. The van der Waals surface area contributed by atoms with Crippen LogP contribution in [0.3, 0.4) is 0 Å². The van der Waals surface area contributed by atoms with Crippen molar-refractivity contribution in [3.63, 3.8) is 0 Å². The number of hydrogen-bond donors (Lipinski definition) is 0. The first-order valence-electron chi connectivity index (χ1n) is 4.11. The molecule has 0 aliphatic heterocycles. The number of hydrogen-bond acceptors (Lipinski definition) is 4. The number of benzene rings is 1. The van der Waals surface area contributed by atoms with Crippen molar-refractivity contribution in [1.29, 1.82) is 0 Å². The van der Waals surface area contributed by atoms with Crippen LogP contribution in [0.25, 0.3) is 0 Å². The molecule has 0 fully saturated rings. The van der Waals surface area contributed by atoms with Crippen LogP contribution in [-0.4, -0.2) is 17.1 Å². The van der Waals surface area contributed by atoms with Crippen molar-refractivity contribution in [2.75, 3.05) is 0 Å². The van der Waals surface area contributed by atoms with Crippen LogP contribution < -0.4 is 4.74 Å². The first-order chi connectivity index (χ1) is 7.00. The molecule has 0 radical (unpaired) electrons. The Morgan fingerprint density at radius 3 is 2.40 bits per heavy atom. The van der Waals surface area contributed by atoms with E-state index in [1.54, 1.807) is 0 Å². The van der Waals surface area contributed by atoms with E-state index in [9.17, 15) is 19.3 Å². The van der Waals surface area contributed by atoms with Gasteiger partial charge in [-0.25, -0.2) is 9.18 Å². The third kappa shape index (κ3) is 3.01. The molecule has 0 aromatic heterocycles. The summed E-state index contributed by atoms with van der Waals surface area (Å²) >= 11 is 0. The summed E-state index contributed by atoms with van der Waals surface area (Å²) in [5.41, 5.74) is -0.122. The number of carbonyl (C=O) groups is 1. The highest BCUT2D eigenvalue weighted by Gasteiger charge is 2.14. The maximum absolute atomic E-state index is 12.4. The molecule has 0 unspecified atom stereocenters. The standard InChI is InChI=1S/C9H8FNO4/c1-6(10)9(12)15-8-4-2-7(3-5-8)11(13)14/h2-6H,1H3/t6-/m0/s1. The smallest absolute Gasteiger partial charge is 0.345 e. The first kappa shape index (κ1) is 11.1. The van der Waals surface area contributed by atoms with Gasteiger partial charge in [-0.1, -0.05) is 0 Å². The summed E-state index contributed by atoms with van der Waals surface area (Å²) in [5, 5.41) is 10.3. The van der Waals surface area contributed by atoms with E-state index in [1.807, 2.05) is 0 Å². The van der Waals surface area contributed by atoms with Crippen LogP contribution in [0, 0.1) is 10.1 Å². The molecule has 5 nitrogen and oxygen atoms in total. The van der Waals surface area contributed by atoms with Gasteiger partial charge in [0.15, 0.2) is 6.17 Å². The third-order valence-corrected chi connectivity index (χ3v) is 1.59. The SMILES string of the molecule is C[C@H](F)C(=O)Oc1ccc([N+](=O)[O-])cc1. The molecule has 1 atom stereocenters. The number of halogens is 1. The molecule has 6 heteroatoms. The van der Waals surface area contributed by atoms with Gasteiger partial charge in [0.05, 0.1) is 4.92 Å². The molecule has 1 rings (SSSR count). The fourth-order valence-electron chi connectivity index (χ4n) is 0.833. The minimum atomic E-state index is -1.72. The van der Waals surface area contributed by atoms with Gasteiger partial charge in [-0.15, -0.1) is 0 Å². The largest absolute Gasteiger partial charge is 0.424 e. The van der Waals surface area contributed by atoms with Gasteiger partial charge in [-0.2, -0.15) is 0 Å². The number of rotatable bonds is 3. The molecule has 0 amide bonds. The predicted octanol–water partition coefficient (Wildman–Crippen LogP) is 1.86. The molecule has 0 aliphatic rings. The van der Waals surface area contributed by atoms with Crippen LogP contribution in [0.4, 0.5) is 10.1 Å². The molecular formula is C9H8FNO4. The molecule has 0 bridgehead atoms. The fourth-order valence-corrected chi connectivity index (χ4v) is 0.833. The van der Waals surface area contributed by atoms with Gasteiger partial charge < -0.3 is 4.74 Å². The lowest BCUT2D eigenvalue weighted by atomic mass is 10.3. The summed E-state index contributed by atoms with van der Waals surface area (Å²) in [7, 11) is 0. The van der Waals surface area contributed by atoms with Crippen LogP contribution >= 0.6 is 0 Å². The zero-order valence-corrected chi connectivity index (χ0v) is 7.84. The lowest BCUT2D eigenvalue weighted by Crippen LogP contribution is -2.18. The molecule has 0 spiro atoms. The molecule has 0 N–H and O–H groups in total. The van der Waals surface area contributed by atoms with Gasteiger partial charge in [0.1, 0.15) is 5.75 Å². The van der Waals surface area contributed by atoms with Crippen molar-refractivity contribution < 1.29 is 18.8 Å². The van der Waals surface area contributed by atoms with Gasteiger partial charge in [0, 0.05) is 12.1 Å². The third-order valence-electron chi connectivity index (χ3n) is 1.59. The van der Waals surface area contributed by atoms with Crippen LogP contribution in [0.15, 0.2) is 24.3 Å². The lowest BCUT2D eigenvalue weighted by molar-refractivity contribution is -0.384. The van der Waals surface area contributed by atoms with Crippen LogP contribution in [0.2, 0.25) is 0 Å². The molecule has 0 aliphatic carbocycles. The summed E-state index contributed by atoms with van der Waals surface area (Å²) in [5.74, 6) is -0.945. The summed E-state index contributed by atoms with van der Waals surface area (Å²) in [6.45, 7) is 1.05. The highest BCUT2D eigenvalue weighted by Crippen LogP contribution is 2.17. The van der Waals surface area contributed by atoms with E-state index in [0.29, 0.717) is 0 Å².